The van der Waals surface area contributed by atoms with Gasteiger partial charge in [-0.05, 0) is 55.2 Å². The molecule has 0 atom stereocenters. The van der Waals surface area contributed by atoms with E-state index in [1.807, 2.05) is 39.8 Å². The van der Waals surface area contributed by atoms with Crippen LogP contribution < -0.4 is 4.72 Å². The van der Waals surface area contributed by atoms with Gasteiger partial charge < -0.3 is 4.90 Å². The van der Waals surface area contributed by atoms with Gasteiger partial charge in [-0.1, -0.05) is 72.8 Å². The summed E-state index contributed by atoms with van der Waals surface area (Å²) in [5.41, 5.74) is 1.67. The number of amides is 1. The third kappa shape index (κ3) is 6.29. The first kappa shape index (κ1) is 27.2. The fourth-order valence-electron chi connectivity index (χ4n) is 4.39. The molecule has 0 saturated carbocycles. The van der Waals surface area contributed by atoms with E-state index >= 15 is 0 Å². The lowest BCUT2D eigenvalue weighted by Crippen LogP contribution is -2.38. The number of carbonyl (C=O) groups is 1. The largest absolute Gasteiger partial charge is 0.342 e. The fraction of sp³-hybridized carbons (Fsp3) is 0.250. The number of likely N-dealkylation sites (tertiary alicyclic amines) is 1. The van der Waals surface area contributed by atoms with E-state index in [9.17, 15) is 13.2 Å². The Morgan fingerprint density at radius 2 is 1.72 bits per heavy atom. The molecule has 202 valence electrons. The number of anilines is 1. The monoisotopic (exact) mass is 581 g/mol. The quantitative estimate of drug-likeness (QED) is 0.267. The van der Waals surface area contributed by atoms with Gasteiger partial charge in [0.05, 0.1) is 21.4 Å². The Bertz CT molecular complexity index is 1570. The lowest BCUT2D eigenvalue weighted by atomic mass is 9.99. The number of rotatable bonds is 8. The van der Waals surface area contributed by atoms with Crippen molar-refractivity contribution in [2.45, 2.75) is 29.8 Å². The molecule has 8 nitrogen and oxygen atoms in total. The van der Waals surface area contributed by atoms with Crippen LogP contribution in [0.25, 0.3) is 17.1 Å². The Balaban J connectivity index is 1.44. The standard InChI is InChI=1S/C28H28ClN5O3S2/c1-20-14-16-33(17-15-20)26(35)19-38-28-31-30-27(34(28)22-9-3-2-4-10-22)21-8-7-11-23(18-21)39(36,37)32-25-13-6-5-12-24(25)29/h2-13,18,20,32H,14-17,19H2,1H3. The maximum atomic E-state index is 13.2. The number of halogens is 1. The Hall–Kier alpha value is -3.34. The van der Waals surface area contributed by atoms with E-state index in [1.165, 1.54) is 17.8 Å². The third-order valence-corrected chi connectivity index (χ3v) is 9.24. The van der Waals surface area contributed by atoms with Crippen LogP contribution >= 0.6 is 23.4 Å². The van der Waals surface area contributed by atoms with Gasteiger partial charge in [0.2, 0.25) is 5.91 Å². The Kier molecular flexibility index (Phi) is 8.25. The molecular weight excluding hydrogens is 554 g/mol. The van der Waals surface area contributed by atoms with Crippen molar-refractivity contribution < 1.29 is 13.2 Å². The SMILES string of the molecule is CC1CCN(C(=O)CSc2nnc(-c3cccc(S(=O)(=O)Nc4ccccc4Cl)c3)n2-c2ccccc2)CC1. The normalized spacial score (nSPS) is 14.4. The average molecular weight is 582 g/mol. The van der Waals surface area contributed by atoms with E-state index in [1.54, 1.807) is 42.5 Å². The van der Waals surface area contributed by atoms with Gasteiger partial charge in [0, 0.05) is 24.3 Å². The van der Waals surface area contributed by atoms with Crippen LogP contribution in [-0.4, -0.2) is 52.8 Å². The zero-order valence-corrected chi connectivity index (χ0v) is 23.7. The first-order valence-corrected chi connectivity index (χ1v) is 15.5. The average Bonchev–Trinajstić information content (AvgIpc) is 3.38. The molecule has 1 fully saturated rings. The lowest BCUT2D eigenvalue weighted by molar-refractivity contribution is -0.129. The first-order chi connectivity index (χ1) is 18.8. The summed E-state index contributed by atoms with van der Waals surface area (Å²) in [7, 11) is -3.92. The Labute approximate surface area is 237 Å². The maximum absolute atomic E-state index is 13.2. The van der Waals surface area contributed by atoms with E-state index in [-0.39, 0.29) is 16.6 Å². The minimum Gasteiger partial charge on any atom is -0.342 e. The summed E-state index contributed by atoms with van der Waals surface area (Å²) in [6.07, 6.45) is 2.04. The fourth-order valence-corrected chi connectivity index (χ4v) is 6.60. The summed E-state index contributed by atoms with van der Waals surface area (Å²) in [5, 5.41) is 9.66. The van der Waals surface area contributed by atoms with Crippen molar-refractivity contribution in [3.8, 4) is 17.1 Å². The number of hydrogen-bond acceptors (Lipinski definition) is 6. The van der Waals surface area contributed by atoms with Crippen LogP contribution in [-0.2, 0) is 14.8 Å². The van der Waals surface area contributed by atoms with Crippen LogP contribution in [0.4, 0.5) is 5.69 Å². The van der Waals surface area contributed by atoms with Gasteiger partial charge in [-0.15, -0.1) is 10.2 Å². The highest BCUT2D eigenvalue weighted by molar-refractivity contribution is 7.99. The molecule has 1 aliphatic heterocycles. The minimum atomic E-state index is -3.92. The molecule has 5 rings (SSSR count). The lowest BCUT2D eigenvalue weighted by Gasteiger charge is -2.30. The summed E-state index contributed by atoms with van der Waals surface area (Å²) < 4.78 is 30.8. The van der Waals surface area contributed by atoms with Gasteiger partial charge in [-0.3, -0.25) is 14.1 Å². The van der Waals surface area contributed by atoms with Crippen molar-refractivity contribution >= 4 is 45.0 Å². The van der Waals surface area contributed by atoms with Crippen LogP contribution in [0.1, 0.15) is 19.8 Å². The van der Waals surface area contributed by atoms with Gasteiger partial charge in [-0.2, -0.15) is 0 Å². The van der Waals surface area contributed by atoms with Crippen LogP contribution in [0.5, 0.6) is 0 Å². The second-order valence-electron chi connectivity index (χ2n) is 9.44. The molecule has 1 amide bonds. The van der Waals surface area contributed by atoms with Crippen LogP contribution in [0.2, 0.25) is 5.02 Å². The second-order valence-corrected chi connectivity index (χ2v) is 12.5. The summed E-state index contributed by atoms with van der Waals surface area (Å²) in [5.74, 6) is 1.44. The van der Waals surface area contributed by atoms with E-state index in [0.29, 0.717) is 33.2 Å². The van der Waals surface area contributed by atoms with Crippen LogP contribution in [0.15, 0.2) is 88.9 Å². The number of nitrogens with one attached hydrogen (secondary N) is 1. The van der Waals surface area contributed by atoms with Gasteiger partial charge >= 0.3 is 0 Å². The molecule has 0 radical (unpaired) electrons. The van der Waals surface area contributed by atoms with E-state index in [4.69, 9.17) is 11.6 Å². The topological polar surface area (TPSA) is 97.2 Å². The highest BCUT2D eigenvalue weighted by atomic mass is 35.5. The van der Waals surface area contributed by atoms with Crippen molar-refractivity contribution in [1.82, 2.24) is 19.7 Å². The number of para-hydroxylation sites is 2. The molecule has 1 aliphatic rings. The molecule has 11 heteroatoms. The van der Waals surface area contributed by atoms with E-state index in [2.05, 4.69) is 21.8 Å². The van der Waals surface area contributed by atoms with Crippen LogP contribution in [0, 0.1) is 5.92 Å². The summed E-state index contributed by atoms with van der Waals surface area (Å²) in [6.45, 7) is 3.77. The predicted molar refractivity (Wildman–Crippen MR) is 155 cm³/mol. The Morgan fingerprint density at radius 3 is 2.46 bits per heavy atom. The molecule has 0 aliphatic carbocycles. The van der Waals surface area contributed by atoms with E-state index < -0.39 is 10.0 Å². The van der Waals surface area contributed by atoms with Crippen molar-refractivity contribution in [2.24, 2.45) is 5.92 Å². The zero-order valence-electron chi connectivity index (χ0n) is 21.3. The molecule has 0 spiro atoms. The van der Waals surface area contributed by atoms with Crippen LogP contribution in [0.3, 0.4) is 0 Å². The molecule has 1 aromatic heterocycles. The smallest absolute Gasteiger partial charge is 0.261 e. The number of nitrogens with zero attached hydrogens (tertiary/aromatic N) is 4. The molecule has 0 unspecified atom stereocenters. The number of hydrogen-bond donors (Lipinski definition) is 1. The number of benzene rings is 3. The third-order valence-electron chi connectivity index (χ3n) is 6.63. The molecule has 1 saturated heterocycles. The van der Waals surface area contributed by atoms with Gasteiger partial charge in [-0.25, -0.2) is 8.42 Å². The first-order valence-electron chi connectivity index (χ1n) is 12.6. The number of sulfonamides is 1. The van der Waals surface area contributed by atoms with Crippen molar-refractivity contribution in [3.05, 3.63) is 83.9 Å². The second kappa shape index (κ2) is 11.8. The highest BCUT2D eigenvalue weighted by Gasteiger charge is 2.23. The number of piperidine rings is 1. The number of thioether (sulfide) groups is 1. The summed E-state index contributed by atoms with van der Waals surface area (Å²) in [6, 6.07) is 22.7. The molecule has 3 aromatic carbocycles. The molecule has 4 aromatic rings. The van der Waals surface area contributed by atoms with Gasteiger partial charge in [0.1, 0.15) is 0 Å². The molecule has 39 heavy (non-hydrogen) atoms. The molecular formula is C28H28ClN5O3S2. The van der Waals surface area contributed by atoms with Gasteiger partial charge in [0.15, 0.2) is 11.0 Å². The molecule has 1 N–H and O–H groups in total. The zero-order chi connectivity index (χ0) is 27.4. The maximum Gasteiger partial charge on any atom is 0.261 e. The summed E-state index contributed by atoms with van der Waals surface area (Å²) >= 11 is 7.49. The minimum absolute atomic E-state index is 0.0613. The molecule has 2 heterocycles. The number of carbonyl (C=O) groups excluding carboxylic acids is 1. The van der Waals surface area contributed by atoms with Crippen molar-refractivity contribution in [2.75, 3.05) is 23.6 Å². The highest BCUT2D eigenvalue weighted by Crippen LogP contribution is 2.31. The number of aromatic nitrogens is 3. The molecule has 0 bridgehead atoms. The van der Waals surface area contributed by atoms with Crippen molar-refractivity contribution in [1.29, 1.82) is 0 Å². The van der Waals surface area contributed by atoms with Crippen molar-refractivity contribution in [3.63, 3.8) is 0 Å². The predicted octanol–water partition coefficient (Wildman–Crippen LogP) is 5.74. The van der Waals surface area contributed by atoms with Gasteiger partial charge in [0.25, 0.3) is 10.0 Å². The van der Waals surface area contributed by atoms with E-state index in [0.717, 1.165) is 31.6 Å². The Morgan fingerprint density at radius 1 is 1.00 bits per heavy atom. The summed E-state index contributed by atoms with van der Waals surface area (Å²) in [4.78, 5) is 14.9.